The second-order valence-corrected chi connectivity index (χ2v) is 7.95. The average molecular weight is 429 g/mol. The number of nitrogens with zero attached hydrogens (tertiary/aromatic N) is 1. The molecule has 0 saturated heterocycles. The van der Waals surface area contributed by atoms with E-state index in [1.165, 1.54) is 17.0 Å². The molecule has 168 valence electrons. The number of amides is 2. The number of benzene rings is 2. The van der Waals surface area contributed by atoms with Crippen LogP contribution in [0.25, 0.3) is 0 Å². The average Bonchev–Trinajstić information content (AvgIpc) is 2.74. The smallest absolute Gasteiger partial charge is 0.261 e. The molecule has 0 saturated carbocycles. The number of hydrogen-bond donors (Lipinski definition) is 1. The Morgan fingerprint density at radius 1 is 1.06 bits per heavy atom. The minimum absolute atomic E-state index is 0.00998. The van der Waals surface area contributed by atoms with Crippen LogP contribution in [0.2, 0.25) is 0 Å². The summed E-state index contributed by atoms with van der Waals surface area (Å²) in [6.45, 7) is 9.73. The summed E-state index contributed by atoms with van der Waals surface area (Å²) >= 11 is 0. The molecule has 6 heteroatoms. The monoisotopic (exact) mass is 428 g/mol. The molecule has 2 rings (SSSR count). The number of rotatable bonds is 10. The summed E-state index contributed by atoms with van der Waals surface area (Å²) in [5.74, 6) is -0.201. The van der Waals surface area contributed by atoms with Crippen LogP contribution in [0.4, 0.5) is 4.39 Å². The Bertz CT molecular complexity index is 883. The van der Waals surface area contributed by atoms with E-state index in [0.29, 0.717) is 12.2 Å². The van der Waals surface area contributed by atoms with Crippen LogP contribution in [0.15, 0.2) is 42.5 Å². The Morgan fingerprint density at radius 2 is 1.74 bits per heavy atom. The standard InChI is InChI=1S/C25H33FN2O3/c1-6-19(5)27-25(30)22(7-2)28(15-20-9-11-21(26)12-10-20)24(29)16-31-23-13-8-17(3)14-18(23)4/h8-14,19,22H,6-7,15-16H2,1-5H3,(H,27,30)/t19-,22-/m1/s1. The van der Waals surface area contributed by atoms with Gasteiger partial charge in [-0.15, -0.1) is 0 Å². The molecule has 0 aliphatic heterocycles. The van der Waals surface area contributed by atoms with Gasteiger partial charge in [0, 0.05) is 12.6 Å². The molecule has 2 aromatic carbocycles. The van der Waals surface area contributed by atoms with Crippen molar-refractivity contribution in [1.82, 2.24) is 10.2 Å². The van der Waals surface area contributed by atoms with Crippen molar-refractivity contribution in [1.29, 1.82) is 0 Å². The van der Waals surface area contributed by atoms with Crippen molar-refractivity contribution in [3.05, 3.63) is 65.0 Å². The number of ether oxygens (including phenoxy) is 1. The predicted octanol–water partition coefficient (Wildman–Crippen LogP) is 4.54. The van der Waals surface area contributed by atoms with Crippen LogP contribution in [0, 0.1) is 19.7 Å². The Morgan fingerprint density at radius 3 is 2.32 bits per heavy atom. The first-order valence-electron chi connectivity index (χ1n) is 10.8. The molecule has 2 aromatic rings. The molecule has 0 heterocycles. The summed E-state index contributed by atoms with van der Waals surface area (Å²) in [5, 5.41) is 2.97. The molecule has 0 spiro atoms. The van der Waals surface area contributed by atoms with Crippen molar-refractivity contribution in [3.8, 4) is 5.75 Å². The number of halogens is 1. The zero-order valence-electron chi connectivity index (χ0n) is 19.1. The lowest BCUT2D eigenvalue weighted by atomic mass is 10.1. The maximum absolute atomic E-state index is 13.3. The lowest BCUT2D eigenvalue weighted by molar-refractivity contribution is -0.143. The molecule has 0 fully saturated rings. The Balaban J connectivity index is 2.22. The van der Waals surface area contributed by atoms with Gasteiger partial charge in [0.2, 0.25) is 5.91 Å². The zero-order chi connectivity index (χ0) is 23.0. The minimum atomic E-state index is -0.644. The largest absolute Gasteiger partial charge is 0.483 e. The normalized spacial score (nSPS) is 12.7. The third-order valence-electron chi connectivity index (χ3n) is 5.33. The van der Waals surface area contributed by atoms with Gasteiger partial charge in [-0.2, -0.15) is 0 Å². The molecular formula is C25H33FN2O3. The molecule has 0 aliphatic carbocycles. The fourth-order valence-corrected chi connectivity index (χ4v) is 3.33. The van der Waals surface area contributed by atoms with E-state index < -0.39 is 6.04 Å². The maximum atomic E-state index is 13.3. The first kappa shape index (κ1) is 24.4. The predicted molar refractivity (Wildman–Crippen MR) is 120 cm³/mol. The van der Waals surface area contributed by atoms with Crippen molar-refractivity contribution in [2.45, 2.75) is 66.1 Å². The van der Waals surface area contributed by atoms with E-state index in [1.54, 1.807) is 12.1 Å². The molecule has 0 unspecified atom stereocenters. The lowest BCUT2D eigenvalue weighted by Crippen LogP contribution is -2.51. The number of nitrogens with one attached hydrogen (secondary N) is 1. The summed E-state index contributed by atoms with van der Waals surface area (Å²) in [7, 11) is 0. The number of hydrogen-bond acceptors (Lipinski definition) is 3. The van der Waals surface area contributed by atoms with Crippen molar-refractivity contribution in [2.75, 3.05) is 6.61 Å². The number of aryl methyl sites for hydroxylation is 2. The molecule has 1 N–H and O–H groups in total. The highest BCUT2D eigenvalue weighted by atomic mass is 19.1. The molecule has 5 nitrogen and oxygen atoms in total. The molecule has 2 atom stereocenters. The molecule has 0 radical (unpaired) electrons. The second-order valence-electron chi connectivity index (χ2n) is 7.95. The number of carbonyl (C=O) groups is 2. The van der Waals surface area contributed by atoms with Gasteiger partial charge >= 0.3 is 0 Å². The SMILES string of the molecule is CC[C@@H](C)NC(=O)[C@@H](CC)N(Cc1ccc(F)cc1)C(=O)COc1ccc(C)cc1C. The van der Waals surface area contributed by atoms with Gasteiger partial charge in [0.1, 0.15) is 17.6 Å². The van der Waals surface area contributed by atoms with Gasteiger partial charge in [-0.25, -0.2) is 4.39 Å². The van der Waals surface area contributed by atoms with Gasteiger partial charge in [0.25, 0.3) is 5.91 Å². The molecular weight excluding hydrogens is 395 g/mol. The first-order chi connectivity index (χ1) is 14.7. The summed E-state index contributed by atoms with van der Waals surface area (Å²) < 4.78 is 19.1. The van der Waals surface area contributed by atoms with Crippen molar-refractivity contribution < 1.29 is 18.7 Å². The van der Waals surface area contributed by atoms with Gasteiger partial charge < -0.3 is 15.0 Å². The van der Waals surface area contributed by atoms with Crippen LogP contribution in [0.5, 0.6) is 5.75 Å². The van der Waals surface area contributed by atoms with E-state index >= 15 is 0 Å². The summed E-state index contributed by atoms with van der Waals surface area (Å²) in [6, 6.07) is 11.1. The zero-order valence-corrected chi connectivity index (χ0v) is 19.1. The van der Waals surface area contributed by atoms with Crippen molar-refractivity contribution >= 4 is 11.8 Å². The first-order valence-corrected chi connectivity index (χ1v) is 10.8. The third kappa shape index (κ3) is 7.09. The molecule has 0 aromatic heterocycles. The second kappa shape index (κ2) is 11.5. The molecule has 31 heavy (non-hydrogen) atoms. The van der Waals surface area contributed by atoms with Crippen LogP contribution in [-0.2, 0) is 16.1 Å². The van der Waals surface area contributed by atoms with E-state index in [1.807, 2.05) is 52.8 Å². The molecule has 0 bridgehead atoms. The van der Waals surface area contributed by atoms with Gasteiger partial charge in [-0.1, -0.05) is 43.7 Å². The molecule has 2 amide bonds. The van der Waals surface area contributed by atoms with E-state index in [4.69, 9.17) is 4.74 Å². The molecule has 0 aliphatic rings. The highest BCUT2D eigenvalue weighted by Crippen LogP contribution is 2.20. The van der Waals surface area contributed by atoms with Crippen LogP contribution in [-0.4, -0.2) is 35.4 Å². The van der Waals surface area contributed by atoms with E-state index in [-0.39, 0.29) is 36.8 Å². The van der Waals surface area contributed by atoms with Crippen molar-refractivity contribution in [2.24, 2.45) is 0 Å². The minimum Gasteiger partial charge on any atom is -0.483 e. The van der Waals surface area contributed by atoms with Crippen LogP contribution in [0.3, 0.4) is 0 Å². The van der Waals surface area contributed by atoms with Crippen LogP contribution < -0.4 is 10.1 Å². The van der Waals surface area contributed by atoms with Gasteiger partial charge in [-0.3, -0.25) is 9.59 Å². The number of carbonyl (C=O) groups excluding carboxylic acids is 2. The van der Waals surface area contributed by atoms with Gasteiger partial charge in [-0.05, 0) is 62.9 Å². The van der Waals surface area contributed by atoms with E-state index in [9.17, 15) is 14.0 Å². The highest BCUT2D eigenvalue weighted by molar-refractivity contribution is 5.88. The Hall–Kier alpha value is -2.89. The highest BCUT2D eigenvalue weighted by Gasteiger charge is 2.29. The Labute approximate surface area is 184 Å². The van der Waals surface area contributed by atoms with Gasteiger partial charge in [0.15, 0.2) is 6.61 Å². The lowest BCUT2D eigenvalue weighted by Gasteiger charge is -2.31. The quantitative estimate of drug-likeness (QED) is 0.604. The summed E-state index contributed by atoms with van der Waals surface area (Å²) in [5.41, 5.74) is 2.80. The summed E-state index contributed by atoms with van der Waals surface area (Å²) in [4.78, 5) is 27.6. The fraction of sp³-hybridized carbons (Fsp3) is 0.440. The van der Waals surface area contributed by atoms with Gasteiger partial charge in [0.05, 0.1) is 0 Å². The van der Waals surface area contributed by atoms with Crippen molar-refractivity contribution in [3.63, 3.8) is 0 Å². The Kier molecular flexibility index (Phi) is 9.03. The van der Waals surface area contributed by atoms with Crippen LogP contribution in [0.1, 0.15) is 50.3 Å². The van der Waals surface area contributed by atoms with Crippen LogP contribution >= 0.6 is 0 Å². The van der Waals surface area contributed by atoms with E-state index in [0.717, 1.165) is 23.1 Å². The fourth-order valence-electron chi connectivity index (χ4n) is 3.33. The van der Waals surface area contributed by atoms with E-state index in [2.05, 4.69) is 5.32 Å². The topological polar surface area (TPSA) is 58.6 Å². The summed E-state index contributed by atoms with van der Waals surface area (Å²) in [6.07, 6.45) is 1.25. The maximum Gasteiger partial charge on any atom is 0.261 e. The third-order valence-corrected chi connectivity index (χ3v) is 5.33.